The van der Waals surface area contributed by atoms with Crippen molar-refractivity contribution in [1.29, 1.82) is 5.26 Å². The van der Waals surface area contributed by atoms with E-state index in [0.29, 0.717) is 17.7 Å². The first-order valence-electron chi connectivity index (χ1n) is 7.61. The number of nitriles is 1. The number of nitrogens with zero attached hydrogens (tertiary/aromatic N) is 1. The molecule has 0 N–H and O–H groups in total. The van der Waals surface area contributed by atoms with E-state index in [9.17, 15) is 4.79 Å². The minimum atomic E-state index is -0.347. The van der Waals surface area contributed by atoms with Crippen LogP contribution in [0.4, 0.5) is 0 Å². The monoisotopic (exact) mass is 341 g/mol. The fraction of sp³-hybridized carbons (Fsp3) is 0.263. The summed E-state index contributed by atoms with van der Waals surface area (Å²) in [6.45, 7) is 0.637. The number of hydrogen-bond acceptors (Lipinski definition) is 5. The molecule has 4 nitrogen and oxygen atoms in total. The Morgan fingerprint density at radius 3 is 2.46 bits per heavy atom. The molecular formula is C19H19NO3S. The predicted molar refractivity (Wildman–Crippen MR) is 95.2 cm³/mol. The second kappa shape index (κ2) is 9.64. The molecule has 0 fully saturated rings. The van der Waals surface area contributed by atoms with Crippen LogP contribution in [0.1, 0.15) is 27.9 Å². The summed E-state index contributed by atoms with van der Waals surface area (Å²) in [5.74, 6) is 2.33. The second-order valence-electron chi connectivity index (χ2n) is 5.08. The minimum absolute atomic E-state index is 0.347. The Hall–Kier alpha value is -2.45. The Bertz CT molecular complexity index is 690. The molecule has 0 aliphatic carbocycles. The van der Waals surface area contributed by atoms with Crippen LogP contribution in [0.3, 0.4) is 0 Å². The van der Waals surface area contributed by atoms with Crippen molar-refractivity contribution in [2.45, 2.75) is 12.2 Å². The minimum Gasteiger partial charge on any atom is -0.494 e. The number of benzene rings is 2. The highest BCUT2D eigenvalue weighted by Gasteiger charge is 2.04. The highest BCUT2D eigenvalue weighted by molar-refractivity contribution is 7.98. The first kappa shape index (κ1) is 17.9. The SMILES string of the molecule is COC(=O)c1ccc(OCCCSCc2ccc(C#N)cc2)cc1. The number of thioether (sulfide) groups is 1. The van der Waals surface area contributed by atoms with Gasteiger partial charge in [-0.2, -0.15) is 17.0 Å². The first-order chi connectivity index (χ1) is 11.7. The van der Waals surface area contributed by atoms with Gasteiger partial charge in [0.2, 0.25) is 0 Å². The van der Waals surface area contributed by atoms with E-state index in [0.717, 1.165) is 23.7 Å². The van der Waals surface area contributed by atoms with Gasteiger partial charge in [-0.15, -0.1) is 0 Å². The molecule has 2 rings (SSSR count). The molecule has 24 heavy (non-hydrogen) atoms. The molecule has 0 aromatic heterocycles. The van der Waals surface area contributed by atoms with E-state index in [2.05, 4.69) is 10.8 Å². The lowest BCUT2D eigenvalue weighted by Crippen LogP contribution is -2.02. The fourth-order valence-electron chi connectivity index (χ4n) is 2.02. The number of esters is 1. The molecule has 0 saturated carbocycles. The molecule has 2 aromatic carbocycles. The molecule has 0 radical (unpaired) electrons. The first-order valence-corrected chi connectivity index (χ1v) is 8.76. The van der Waals surface area contributed by atoms with E-state index in [1.165, 1.54) is 12.7 Å². The number of methoxy groups -OCH3 is 1. The van der Waals surface area contributed by atoms with Gasteiger partial charge in [0, 0.05) is 5.75 Å². The lowest BCUT2D eigenvalue weighted by atomic mass is 10.2. The van der Waals surface area contributed by atoms with Crippen LogP contribution in [0.25, 0.3) is 0 Å². The Labute approximate surface area is 146 Å². The van der Waals surface area contributed by atoms with Gasteiger partial charge >= 0.3 is 5.97 Å². The Morgan fingerprint density at radius 1 is 1.12 bits per heavy atom. The Morgan fingerprint density at radius 2 is 1.83 bits per heavy atom. The van der Waals surface area contributed by atoms with Crippen LogP contribution >= 0.6 is 11.8 Å². The smallest absolute Gasteiger partial charge is 0.337 e. The van der Waals surface area contributed by atoms with E-state index in [-0.39, 0.29) is 5.97 Å². The summed E-state index contributed by atoms with van der Waals surface area (Å²) in [6, 6.07) is 16.7. The van der Waals surface area contributed by atoms with Crippen LogP contribution in [0.15, 0.2) is 48.5 Å². The van der Waals surface area contributed by atoms with Crippen molar-refractivity contribution in [3.05, 3.63) is 65.2 Å². The van der Waals surface area contributed by atoms with Gasteiger partial charge in [-0.1, -0.05) is 12.1 Å². The third kappa shape index (κ3) is 5.64. The summed E-state index contributed by atoms with van der Waals surface area (Å²) in [7, 11) is 1.36. The van der Waals surface area contributed by atoms with E-state index in [1.807, 2.05) is 36.0 Å². The van der Waals surface area contributed by atoms with Gasteiger partial charge < -0.3 is 9.47 Å². The molecule has 0 saturated heterocycles. The van der Waals surface area contributed by atoms with Crippen LogP contribution in [-0.4, -0.2) is 25.4 Å². The van der Waals surface area contributed by atoms with Crippen molar-refractivity contribution in [2.24, 2.45) is 0 Å². The van der Waals surface area contributed by atoms with Crippen LogP contribution in [0.5, 0.6) is 5.75 Å². The number of rotatable bonds is 8. The zero-order chi connectivity index (χ0) is 17.2. The lowest BCUT2D eigenvalue weighted by Gasteiger charge is -2.07. The number of carbonyl (C=O) groups is 1. The maximum Gasteiger partial charge on any atom is 0.337 e. The largest absolute Gasteiger partial charge is 0.494 e. The van der Waals surface area contributed by atoms with Crippen molar-refractivity contribution in [3.8, 4) is 11.8 Å². The molecule has 0 bridgehead atoms. The summed E-state index contributed by atoms with van der Waals surface area (Å²) in [6.07, 6.45) is 0.944. The standard InChI is InChI=1S/C19H19NO3S/c1-22-19(21)17-7-9-18(10-8-17)23-11-2-12-24-14-16-5-3-15(13-20)4-6-16/h3-10H,2,11-12,14H2,1H3. The van der Waals surface area contributed by atoms with E-state index >= 15 is 0 Å². The van der Waals surface area contributed by atoms with Gasteiger partial charge in [0.1, 0.15) is 5.75 Å². The van der Waals surface area contributed by atoms with Gasteiger partial charge in [-0.05, 0) is 54.1 Å². The van der Waals surface area contributed by atoms with E-state index < -0.39 is 0 Å². The summed E-state index contributed by atoms with van der Waals surface area (Å²) < 4.78 is 10.3. The predicted octanol–water partition coefficient (Wildman–Crippen LogP) is 4.05. The van der Waals surface area contributed by atoms with Gasteiger partial charge in [0.25, 0.3) is 0 Å². The highest BCUT2D eigenvalue weighted by atomic mass is 32.2. The number of hydrogen-bond donors (Lipinski definition) is 0. The molecule has 0 aliphatic heterocycles. The maximum absolute atomic E-state index is 11.3. The number of ether oxygens (including phenoxy) is 2. The normalized spacial score (nSPS) is 10.0. The van der Waals surface area contributed by atoms with Gasteiger partial charge in [-0.3, -0.25) is 0 Å². The van der Waals surface area contributed by atoms with Crippen LogP contribution in [0.2, 0.25) is 0 Å². The van der Waals surface area contributed by atoms with E-state index in [1.54, 1.807) is 24.3 Å². The average molecular weight is 341 g/mol. The number of carbonyl (C=O) groups excluding carboxylic acids is 1. The average Bonchev–Trinajstić information content (AvgIpc) is 2.65. The molecule has 0 spiro atoms. The molecule has 0 aliphatic rings. The van der Waals surface area contributed by atoms with Gasteiger partial charge in [-0.25, -0.2) is 4.79 Å². The zero-order valence-electron chi connectivity index (χ0n) is 13.5. The van der Waals surface area contributed by atoms with Crippen LogP contribution < -0.4 is 4.74 Å². The maximum atomic E-state index is 11.3. The van der Waals surface area contributed by atoms with Crippen LogP contribution in [0, 0.1) is 11.3 Å². The molecule has 0 unspecified atom stereocenters. The van der Waals surface area contributed by atoms with Crippen LogP contribution in [-0.2, 0) is 10.5 Å². The molecule has 0 atom stereocenters. The quantitative estimate of drug-likeness (QED) is 0.535. The van der Waals surface area contributed by atoms with Crippen molar-refractivity contribution >= 4 is 17.7 Å². The molecule has 124 valence electrons. The summed E-state index contributed by atoms with van der Waals surface area (Å²) in [4.78, 5) is 11.3. The van der Waals surface area contributed by atoms with Gasteiger partial charge in [0.05, 0.1) is 30.9 Å². The Kier molecular flexibility index (Phi) is 7.19. The van der Waals surface area contributed by atoms with Crippen molar-refractivity contribution < 1.29 is 14.3 Å². The topological polar surface area (TPSA) is 59.3 Å². The van der Waals surface area contributed by atoms with E-state index in [4.69, 9.17) is 10.00 Å². The summed E-state index contributed by atoms with van der Waals surface area (Å²) in [5, 5.41) is 8.76. The Balaban J connectivity index is 1.62. The zero-order valence-corrected chi connectivity index (χ0v) is 14.3. The molecule has 0 heterocycles. The molecule has 2 aromatic rings. The second-order valence-corrected chi connectivity index (χ2v) is 6.18. The third-order valence-corrected chi connectivity index (χ3v) is 4.44. The lowest BCUT2D eigenvalue weighted by molar-refractivity contribution is 0.0600. The van der Waals surface area contributed by atoms with Crippen molar-refractivity contribution in [1.82, 2.24) is 0 Å². The molecule has 5 heteroatoms. The highest BCUT2D eigenvalue weighted by Crippen LogP contribution is 2.16. The molecule has 0 amide bonds. The third-order valence-electron chi connectivity index (χ3n) is 3.33. The van der Waals surface area contributed by atoms with Gasteiger partial charge in [0.15, 0.2) is 0 Å². The fourth-order valence-corrected chi connectivity index (χ4v) is 2.92. The summed E-state index contributed by atoms with van der Waals surface area (Å²) in [5.41, 5.74) is 2.43. The van der Waals surface area contributed by atoms with Crippen molar-refractivity contribution in [3.63, 3.8) is 0 Å². The summed E-state index contributed by atoms with van der Waals surface area (Å²) >= 11 is 1.84. The van der Waals surface area contributed by atoms with Crippen molar-refractivity contribution in [2.75, 3.05) is 19.5 Å². The molecular weight excluding hydrogens is 322 g/mol.